The van der Waals surface area contributed by atoms with E-state index in [2.05, 4.69) is 45.3 Å². The number of phosphoric acid groups is 3. The Bertz CT molecular complexity index is 1790. The summed E-state index contributed by atoms with van der Waals surface area (Å²) in [5.74, 6) is 5.61. The second-order valence-corrected chi connectivity index (χ2v) is 13.7. The molecular formula is C21H26N7O14P3. The summed E-state index contributed by atoms with van der Waals surface area (Å²) >= 11 is 0. The molecule has 3 aromatic rings. The van der Waals surface area contributed by atoms with Gasteiger partial charge >= 0.3 is 23.5 Å². The minimum Gasteiger partial charge on any atom is -0.390 e. The number of phosphoric ester groups is 1. The molecule has 6 atom stereocenters. The van der Waals surface area contributed by atoms with Crippen molar-refractivity contribution in [3.05, 3.63) is 52.1 Å². The average Bonchev–Trinajstić information content (AvgIpc) is 3.52. The number of rotatable bonds is 12. The number of nitrogens with one attached hydrogen (secondary N) is 1. The monoisotopic (exact) mass is 693 g/mol. The van der Waals surface area contributed by atoms with Gasteiger partial charge in [-0.2, -0.15) is 8.62 Å². The number of nitro groups is 1. The van der Waals surface area contributed by atoms with E-state index < -0.39 is 59.5 Å². The van der Waals surface area contributed by atoms with Crippen LogP contribution in [0.25, 0.3) is 11.2 Å². The van der Waals surface area contributed by atoms with Gasteiger partial charge in [-0.25, -0.2) is 28.6 Å². The van der Waals surface area contributed by atoms with Crippen LogP contribution >= 0.6 is 23.5 Å². The Balaban J connectivity index is 1.47. The fourth-order valence-corrected chi connectivity index (χ4v) is 7.29. The second kappa shape index (κ2) is 13.7. The maximum Gasteiger partial charge on any atom is 0.490 e. The lowest BCUT2D eigenvalue weighted by molar-refractivity contribution is -0.385. The summed E-state index contributed by atoms with van der Waals surface area (Å²) in [6.45, 7) is 0.914. The first kappa shape index (κ1) is 34.7. The van der Waals surface area contributed by atoms with Crippen molar-refractivity contribution in [3.63, 3.8) is 0 Å². The molecule has 24 heteroatoms. The predicted octanol–water partition coefficient (Wildman–Crippen LogP) is 1.21. The number of nitro benzene ring substituents is 1. The Morgan fingerprint density at radius 2 is 1.93 bits per heavy atom. The van der Waals surface area contributed by atoms with E-state index >= 15 is 0 Å². The highest BCUT2D eigenvalue weighted by atomic mass is 31.3. The van der Waals surface area contributed by atoms with Gasteiger partial charge in [-0.15, -0.1) is 0 Å². The van der Waals surface area contributed by atoms with Crippen LogP contribution in [0.4, 0.5) is 11.5 Å². The lowest BCUT2D eigenvalue weighted by Crippen LogP contribution is -2.26. The van der Waals surface area contributed by atoms with Gasteiger partial charge in [-0.3, -0.25) is 19.2 Å². The van der Waals surface area contributed by atoms with Gasteiger partial charge in [0, 0.05) is 18.1 Å². The van der Waals surface area contributed by atoms with Crippen LogP contribution in [-0.4, -0.2) is 74.5 Å². The third kappa shape index (κ3) is 8.97. The number of aliphatic hydroxyl groups excluding tert-OH is 1. The van der Waals surface area contributed by atoms with E-state index in [1.807, 2.05) is 0 Å². The summed E-state index contributed by atoms with van der Waals surface area (Å²) in [6.07, 6.45) is -1.08. The van der Waals surface area contributed by atoms with Crippen LogP contribution in [0.1, 0.15) is 36.7 Å². The molecule has 0 spiro atoms. The zero-order valence-electron chi connectivity index (χ0n) is 22.9. The van der Waals surface area contributed by atoms with E-state index in [-0.39, 0.29) is 35.6 Å². The number of benzene rings is 1. The summed E-state index contributed by atoms with van der Waals surface area (Å²) in [4.78, 5) is 60.1. The molecule has 1 fully saturated rings. The fourth-order valence-electron chi connectivity index (χ4n) is 4.26. The van der Waals surface area contributed by atoms with Crippen molar-refractivity contribution in [1.82, 2.24) is 19.5 Å². The Morgan fingerprint density at radius 3 is 2.60 bits per heavy atom. The molecule has 0 bridgehead atoms. The fraction of sp³-hybridized carbons (Fsp3) is 0.381. The first-order valence-corrected chi connectivity index (χ1v) is 17.0. The molecule has 0 amide bonds. The number of anilines is 1. The van der Waals surface area contributed by atoms with Gasteiger partial charge in [0.05, 0.1) is 42.1 Å². The third-order valence-electron chi connectivity index (χ3n) is 6.07. The molecule has 244 valence electrons. The van der Waals surface area contributed by atoms with E-state index in [1.54, 1.807) is 19.1 Å². The maximum atomic E-state index is 12.0. The Labute approximate surface area is 253 Å². The Kier molecular flexibility index (Phi) is 10.5. The molecule has 8 N–H and O–H groups in total. The van der Waals surface area contributed by atoms with E-state index in [0.717, 1.165) is 0 Å². The lowest BCUT2D eigenvalue weighted by Gasteiger charge is -2.19. The molecule has 1 aromatic carbocycles. The molecule has 0 saturated carbocycles. The molecule has 2 aromatic heterocycles. The quantitative estimate of drug-likeness (QED) is 0.0606. The maximum absolute atomic E-state index is 12.0. The van der Waals surface area contributed by atoms with Crippen LogP contribution in [-0.2, 0) is 31.6 Å². The molecule has 45 heavy (non-hydrogen) atoms. The van der Waals surface area contributed by atoms with Crippen LogP contribution in [0, 0.1) is 22.0 Å². The first-order valence-electron chi connectivity index (χ1n) is 12.5. The molecule has 0 aliphatic carbocycles. The van der Waals surface area contributed by atoms with Crippen LogP contribution < -0.4 is 11.1 Å². The molecule has 4 unspecified atom stereocenters. The average molecular weight is 693 g/mol. The van der Waals surface area contributed by atoms with Crippen molar-refractivity contribution in [2.45, 2.75) is 37.8 Å². The highest BCUT2D eigenvalue weighted by Crippen LogP contribution is 2.66. The minimum absolute atomic E-state index is 0.0926. The number of nitrogens with zero attached hydrogens (tertiary/aromatic N) is 5. The van der Waals surface area contributed by atoms with E-state index in [0.29, 0.717) is 11.1 Å². The summed E-state index contributed by atoms with van der Waals surface area (Å²) in [5.41, 5.74) is 6.43. The van der Waals surface area contributed by atoms with Gasteiger partial charge < -0.3 is 40.5 Å². The molecule has 0 radical (unpaired) electrons. The first-order chi connectivity index (χ1) is 21.0. The number of hydrogen-bond donors (Lipinski definition) is 7. The SMILES string of the molecule is CC(Nc1ncnc2c1ncn2[C@H]1CC(O)[C@@H](COP(=O)(O)OP(=O)(O)OP(=O)(O)O)O1)c1ccc(C#CCN)cc1[N+](=O)[O-]. The van der Waals surface area contributed by atoms with E-state index in [1.165, 1.54) is 23.3 Å². The van der Waals surface area contributed by atoms with Gasteiger partial charge in [-0.05, 0) is 19.1 Å². The molecule has 4 rings (SSSR count). The van der Waals surface area contributed by atoms with Crippen molar-refractivity contribution in [1.29, 1.82) is 0 Å². The molecule has 1 aliphatic heterocycles. The molecule has 1 aliphatic rings. The number of hydrogen-bond acceptors (Lipinski definition) is 15. The summed E-state index contributed by atoms with van der Waals surface area (Å²) in [5, 5.41) is 25.3. The van der Waals surface area contributed by atoms with Gasteiger partial charge in [0.2, 0.25) is 0 Å². The smallest absolute Gasteiger partial charge is 0.390 e. The zero-order valence-corrected chi connectivity index (χ0v) is 25.6. The number of fused-ring (bicyclic) bond motifs is 1. The van der Waals surface area contributed by atoms with Crippen LogP contribution in [0.5, 0.6) is 0 Å². The van der Waals surface area contributed by atoms with Crippen LogP contribution in [0.3, 0.4) is 0 Å². The van der Waals surface area contributed by atoms with E-state index in [4.69, 9.17) is 20.3 Å². The number of aliphatic hydroxyl groups is 1. The van der Waals surface area contributed by atoms with Gasteiger partial charge in [0.1, 0.15) is 18.7 Å². The van der Waals surface area contributed by atoms with Crippen molar-refractivity contribution in [2.24, 2.45) is 5.73 Å². The van der Waals surface area contributed by atoms with Crippen LogP contribution in [0.15, 0.2) is 30.9 Å². The summed E-state index contributed by atoms with van der Waals surface area (Å²) in [7, 11) is -16.7. The number of ether oxygens (including phenoxy) is 1. The van der Waals surface area contributed by atoms with Crippen molar-refractivity contribution in [2.75, 3.05) is 18.5 Å². The van der Waals surface area contributed by atoms with Crippen LogP contribution in [0.2, 0.25) is 0 Å². The normalized spacial score (nSPS) is 21.8. The lowest BCUT2D eigenvalue weighted by atomic mass is 10.0. The molecule has 21 nitrogen and oxygen atoms in total. The summed E-state index contributed by atoms with van der Waals surface area (Å²) < 4.78 is 53.3. The highest BCUT2D eigenvalue weighted by molar-refractivity contribution is 7.66. The standard InChI is InChI=1S/C21H26N7O14P3/c1-12(14-5-4-13(3-2-6-22)7-15(14)28(30)31)26-20-19-21(24-10-23-20)27(11-25-19)18-8-16(29)17(40-18)9-39-44(35,36)42-45(37,38)41-43(32,33)34/h4-5,7,10-12,16-18,29H,6,8-9,22H2,1H3,(H,35,36)(H,37,38)(H,23,24,26)(H2,32,33,34)/t12?,16?,17-,18-/m1/s1. The molecular weight excluding hydrogens is 667 g/mol. The van der Waals surface area contributed by atoms with Crippen molar-refractivity contribution in [3.8, 4) is 11.8 Å². The largest absolute Gasteiger partial charge is 0.490 e. The topological polar surface area (TPSA) is 314 Å². The van der Waals surface area contributed by atoms with Crippen molar-refractivity contribution >= 4 is 46.1 Å². The van der Waals surface area contributed by atoms with Gasteiger partial charge in [0.25, 0.3) is 5.69 Å². The highest BCUT2D eigenvalue weighted by Gasteiger charge is 2.43. The second-order valence-electron chi connectivity index (χ2n) is 9.27. The molecule has 3 heterocycles. The molecule has 1 saturated heterocycles. The third-order valence-corrected chi connectivity index (χ3v) is 9.88. The number of imidazole rings is 1. The Morgan fingerprint density at radius 1 is 1.20 bits per heavy atom. The van der Waals surface area contributed by atoms with Gasteiger partial charge in [-0.1, -0.05) is 11.8 Å². The van der Waals surface area contributed by atoms with Crippen molar-refractivity contribution < 1.29 is 61.2 Å². The predicted molar refractivity (Wildman–Crippen MR) is 151 cm³/mol. The Hall–Kier alpha value is -3.18. The van der Waals surface area contributed by atoms with E-state index in [9.17, 15) is 38.7 Å². The zero-order chi connectivity index (χ0) is 33.2. The summed E-state index contributed by atoms with van der Waals surface area (Å²) in [6, 6.07) is 3.89. The minimum atomic E-state index is -5.72. The number of aromatic nitrogens is 4. The number of nitrogens with two attached hydrogens (primary N) is 1. The van der Waals surface area contributed by atoms with Gasteiger partial charge in [0.15, 0.2) is 17.0 Å².